The SMILES string of the molecule is CO/C=C(/Oc1ccc(I)cc1C(=O)O)C(=O)OC.[NaH]. The molecule has 0 aliphatic rings. The van der Waals surface area contributed by atoms with Crippen LogP contribution in [0.1, 0.15) is 10.4 Å². The Morgan fingerprint density at radius 2 is 1.95 bits per heavy atom. The molecule has 0 amide bonds. The zero-order chi connectivity index (χ0) is 14.4. The van der Waals surface area contributed by atoms with Crippen LogP contribution in [0, 0.1) is 3.57 Å². The Labute approximate surface area is 151 Å². The summed E-state index contributed by atoms with van der Waals surface area (Å²) in [7, 11) is 2.51. The van der Waals surface area contributed by atoms with Crippen molar-refractivity contribution in [3.05, 3.63) is 39.4 Å². The summed E-state index contributed by atoms with van der Waals surface area (Å²) in [4.78, 5) is 22.5. The number of hydrogen-bond donors (Lipinski definition) is 1. The van der Waals surface area contributed by atoms with Gasteiger partial charge in [-0.05, 0) is 40.8 Å². The summed E-state index contributed by atoms with van der Waals surface area (Å²) in [5, 5.41) is 9.08. The monoisotopic (exact) mass is 402 g/mol. The van der Waals surface area contributed by atoms with Gasteiger partial charge in [-0.15, -0.1) is 0 Å². The minimum absolute atomic E-state index is 0. The number of carboxylic acids is 1. The predicted octanol–water partition coefficient (Wildman–Crippen LogP) is 1.38. The average molecular weight is 402 g/mol. The van der Waals surface area contributed by atoms with Crippen LogP contribution >= 0.6 is 22.6 Å². The second-order valence-corrected chi connectivity index (χ2v) is 4.50. The molecule has 1 N–H and O–H groups in total. The summed E-state index contributed by atoms with van der Waals surface area (Å²) in [6.45, 7) is 0. The van der Waals surface area contributed by atoms with E-state index in [1.54, 1.807) is 6.07 Å². The van der Waals surface area contributed by atoms with E-state index >= 15 is 0 Å². The van der Waals surface area contributed by atoms with E-state index in [1.807, 2.05) is 22.6 Å². The molecule has 0 atom stereocenters. The number of rotatable bonds is 5. The van der Waals surface area contributed by atoms with Gasteiger partial charge in [-0.25, -0.2) is 9.59 Å². The summed E-state index contributed by atoms with van der Waals surface area (Å²) in [5.41, 5.74) is -0.0576. The summed E-state index contributed by atoms with van der Waals surface area (Å²) < 4.78 is 15.2. The molecule has 104 valence electrons. The third-order valence-electron chi connectivity index (χ3n) is 2.00. The third kappa shape index (κ3) is 5.31. The van der Waals surface area contributed by atoms with Crippen molar-refractivity contribution in [2.24, 2.45) is 0 Å². The Balaban J connectivity index is 0.00000361. The number of aromatic carboxylic acids is 1. The molecule has 0 aromatic heterocycles. The van der Waals surface area contributed by atoms with Crippen LogP contribution < -0.4 is 4.74 Å². The first-order chi connectivity index (χ1) is 8.99. The van der Waals surface area contributed by atoms with E-state index in [0.29, 0.717) is 0 Å². The van der Waals surface area contributed by atoms with E-state index in [9.17, 15) is 9.59 Å². The maximum atomic E-state index is 11.4. The number of methoxy groups -OCH3 is 2. The van der Waals surface area contributed by atoms with E-state index in [2.05, 4.69) is 9.47 Å². The Bertz CT molecular complexity index is 529. The quantitative estimate of drug-likeness (QED) is 0.264. The summed E-state index contributed by atoms with van der Waals surface area (Å²) >= 11 is 1.98. The minimum atomic E-state index is -1.16. The van der Waals surface area contributed by atoms with E-state index < -0.39 is 11.9 Å². The van der Waals surface area contributed by atoms with Crippen molar-refractivity contribution < 1.29 is 28.9 Å². The van der Waals surface area contributed by atoms with E-state index in [4.69, 9.17) is 9.84 Å². The fraction of sp³-hybridized carbons (Fsp3) is 0.167. The van der Waals surface area contributed by atoms with Crippen molar-refractivity contribution in [3.8, 4) is 5.75 Å². The van der Waals surface area contributed by atoms with Crippen LogP contribution in [-0.2, 0) is 14.3 Å². The molecule has 0 spiro atoms. The second-order valence-electron chi connectivity index (χ2n) is 3.26. The summed E-state index contributed by atoms with van der Waals surface area (Å²) in [5.74, 6) is -2.14. The molecule has 8 heteroatoms. The van der Waals surface area contributed by atoms with E-state index in [-0.39, 0.29) is 46.6 Å². The number of carbonyl (C=O) groups excluding carboxylic acids is 1. The Hall–Kier alpha value is -0.770. The fourth-order valence-corrected chi connectivity index (χ4v) is 1.69. The summed E-state index contributed by atoms with van der Waals surface area (Å²) in [6, 6.07) is 4.54. The molecule has 0 unspecified atom stereocenters. The molecule has 0 radical (unpaired) electrons. The Morgan fingerprint density at radius 3 is 2.45 bits per heavy atom. The van der Waals surface area contributed by atoms with Gasteiger partial charge in [0.05, 0.1) is 14.2 Å². The van der Waals surface area contributed by atoms with Crippen LogP contribution in [0.15, 0.2) is 30.2 Å². The molecule has 0 saturated heterocycles. The number of hydrogen-bond acceptors (Lipinski definition) is 5. The van der Waals surface area contributed by atoms with Crippen LogP contribution in [0.3, 0.4) is 0 Å². The number of esters is 1. The van der Waals surface area contributed by atoms with Gasteiger partial charge in [0.15, 0.2) is 0 Å². The van der Waals surface area contributed by atoms with Gasteiger partial charge >= 0.3 is 41.5 Å². The number of carboxylic acid groups (broad SMARTS) is 1. The van der Waals surface area contributed by atoms with Crippen molar-refractivity contribution in [3.63, 3.8) is 0 Å². The molecule has 0 bridgehead atoms. The predicted molar refractivity (Wildman–Crippen MR) is 81.0 cm³/mol. The Kier molecular flexibility index (Phi) is 8.86. The number of carbonyl (C=O) groups is 2. The number of benzene rings is 1. The molecule has 0 fully saturated rings. The molecule has 0 aliphatic heterocycles. The van der Waals surface area contributed by atoms with Crippen molar-refractivity contribution in [1.82, 2.24) is 0 Å². The van der Waals surface area contributed by atoms with Gasteiger partial charge in [0, 0.05) is 3.57 Å². The van der Waals surface area contributed by atoms with Crippen molar-refractivity contribution >= 4 is 64.1 Å². The van der Waals surface area contributed by atoms with Crippen LogP contribution in [0.4, 0.5) is 0 Å². The Morgan fingerprint density at radius 1 is 1.30 bits per heavy atom. The molecular formula is C12H12INaO6. The molecule has 1 aromatic carbocycles. The first kappa shape index (κ1) is 19.2. The van der Waals surface area contributed by atoms with Gasteiger partial charge in [0.25, 0.3) is 0 Å². The first-order valence-electron chi connectivity index (χ1n) is 5.01. The number of ether oxygens (including phenoxy) is 3. The zero-order valence-corrected chi connectivity index (χ0v) is 12.3. The van der Waals surface area contributed by atoms with Crippen molar-refractivity contribution in [1.29, 1.82) is 0 Å². The first-order valence-corrected chi connectivity index (χ1v) is 6.09. The standard InChI is InChI=1S/C12H11IO6.Na.H/c1-17-6-10(12(16)18-2)19-9-4-3-7(13)5-8(9)11(14)15;;/h3-6H,1-2H3,(H,14,15);;/b10-6+;;. The van der Waals surface area contributed by atoms with Gasteiger partial charge in [0.2, 0.25) is 5.76 Å². The van der Waals surface area contributed by atoms with Gasteiger partial charge in [0.1, 0.15) is 17.6 Å². The van der Waals surface area contributed by atoms with E-state index in [0.717, 1.165) is 9.83 Å². The average Bonchev–Trinajstić information content (AvgIpc) is 2.38. The zero-order valence-electron chi connectivity index (χ0n) is 10.2. The third-order valence-corrected chi connectivity index (χ3v) is 2.67. The van der Waals surface area contributed by atoms with Gasteiger partial charge < -0.3 is 19.3 Å². The second kappa shape index (κ2) is 9.22. The van der Waals surface area contributed by atoms with Crippen LogP contribution in [0.25, 0.3) is 0 Å². The molecule has 0 heterocycles. The van der Waals surface area contributed by atoms with Crippen LogP contribution in [-0.4, -0.2) is 60.8 Å². The van der Waals surface area contributed by atoms with Gasteiger partial charge in [-0.3, -0.25) is 0 Å². The van der Waals surface area contributed by atoms with Crippen molar-refractivity contribution in [2.45, 2.75) is 0 Å². The molecule has 20 heavy (non-hydrogen) atoms. The van der Waals surface area contributed by atoms with Crippen LogP contribution in [0.5, 0.6) is 5.75 Å². The molecule has 0 saturated carbocycles. The van der Waals surface area contributed by atoms with E-state index in [1.165, 1.54) is 26.4 Å². The van der Waals surface area contributed by atoms with Crippen LogP contribution in [0.2, 0.25) is 0 Å². The van der Waals surface area contributed by atoms with Gasteiger partial charge in [-0.2, -0.15) is 0 Å². The number of halogens is 1. The fourth-order valence-electron chi connectivity index (χ4n) is 1.20. The maximum absolute atomic E-state index is 11.4. The van der Waals surface area contributed by atoms with Gasteiger partial charge in [-0.1, -0.05) is 0 Å². The normalized spacial score (nSPS) is 10.2. The summed E-state index contributed by atoms with van der Waals surface area (Å²) in [6.07, 6.45) is 1.04. The molecule has 0 aliphatic carbocycles. The molecule has 6 nitrogen and oxygen atoms in total. The molecule has 1 aromatic rings. The molecular weight excluding hydrogens is 390 g/mol. The van der Waals surface area contributed by atoms with Crippen molar-refractivity contribution in [2.75, 3.05) is 14.2 Å². The molecule has 1 rings (SSSR count). The topological polar surface area (TPSA) is 82.1 Å².